The molecular weight excluding hydrogens is 446 g/mol. The number of hydrogen-bond donors (Lipinski definition) is 2. The van der Waals surface area contributed by atoms with Gasteiger partial charge in [-0.3, -0.25) is 4.99 Å². The lowest BCUT2D eigenvalue weighted by atomic mass is 10.1. The monoisotopic (exact) mass is 478 g/mol. The molecule has 2 rings (SSSR count). The van der Waals surface area contributed by atoms with Gasteiger partial charge in [-0.15, -0.1) is 24.0 Å². The van der Waals surface area contributed by atoms with Crippen LogP contribution in [0.1, 0.15) is 37.3 Å². The van der Waals surface area contributed by atoms with Crippen LogP contribution in [0.4, 0.5) is 4.39 Å². The second-order valence-electron chi connectivity index (χ2n) is 6.54. The van der Waals surface area contributed by atoms with Crippen molar-refractivity contribution in [1.82, 2.24) is 15.5 Å². The molecule has 0 aromatic heterocycles. The summed E-state index contributed by atoms with van der Waals surface area (Å²) in [5.41, 5.74) is 1.59. The SMILES string of the molecule is CCCN1CCC(NC(=NC)NCc2ccc(F)c(COC)c2)CC1.I. The van der Waals surface area contributed by atoms with Crippen molar-refractivity contribution in [2.45, 2.75) is 45.4 Å². The minimum Gasteiger partial charge on any atom is -0.380 e. The molecule has 0 radical (unpaired) electrons. The largest absolute Gasteiger partial charge is 0.380 e. The highest BCUT2D eigenvalue weighted by atomic mass is 127. The van der Waals surface area contributed by atoms with Gasteiger partial charge in [0.1, 0.15) is 5.82 Å². The first-order valence-corrected chi connectivity index (χ1v) is 9.12. The first-order valence-electron chi connectivity index (χ1n) is 9.12. The summed E-state index contributed by atoms with van der Waals surface area (Å²) >= 11 is 0. The second kappa shape index (κ2) is 12.5. The summed E-state index contributed by atoms with van der Waals surface area (Å²) in [4.78, 5) is 6.83. The minimum atomic E-state index is -0.230. The molecular formula is C19H32FIN4O. The fourth-order valence-electron chi connectivity index (χ4n) is 3.20. The van der Waals surface area contributed by atoms with Crippen LogP contribution in [0.5, 0.6) is 0 Å². The molecule has 2 N–H and O–H groups in total. The Labute approximate surface area is 173 Å². The van der Waals surface area contributed by atoms with Crippen LogP contribution in [-0.4, -0.2) is 50.7 Å². The Morgan fingerprint density at radius 2 is 2.08 bits per heavy atom. The number of likely N-dealkylation sites (tertiary alicyclic amines) is 1. The van der Waals surface area contributed by atoms with E-state index in [4.69, 9.17) is 4.74 Å². The highest BCUT2D eigenvalue weighted by Crippen LogP contribution is 2.12. The Balaban J connectivity index is 0.00000338. The van der Waals surface area contributed by atoms with Crippen molar-refractivity contribution in [2.24, 2.45) is 4.99 Å². The summed E-state index contributed by atoms with van der Waals surface area (Å²) in [6, 6.07) is 5.57. The van der Waals surface area contributed by atoms with Crippen LogP contribution >= 0.6 is 24.0 Å². The number of methoxy groups -OCH3 is 1. The third-order valence-electron chi connectivity index (χ3n) is 4.56. The summed E-state index contributed by atoms with van der Waals surface area (Å²) in [6.07, 6.45) is 3.48. The molecule has 0 unspecified atom stereocenters. The van der Waals surface area contributed by atoms with Crippen molar-refractivity contribution in [3.05, 3.63) is 35.1 Å². The molecule has 26 heavy (non-hydrogen) atoms. The molecule has 0 saturated carbocycles. The van der Waals surface area contributed by atoms with E-state index >= 15 is 0 Å². The van der Waals surface area contributed by atoms with Crippen LogP contribution < -0.4 is 10.6 Å². The van der Waals surface area contributed by atoms with Gasteiger partial charge < -0.3 is 20.3 Å². The lowest BCUT2D eigenvalue weighted by molar-refractivity contribution is 0.181. The van der Waals surface area contributed by atoms with Crippen molar-refractivity contribution < 1.29 is 9.13 Å². The second-order valence-corrected chi connectivity index (χ2v) is 6.54. The van der Waals surface area contributed by atoms with Gasteiger partial charge in [-0.25, -0.2) is 4.39 Å². The van der Waals surface area contributed by atoms with E-state index in [1.807, 2.05) is 6.07 Å². The van der Waals surface area contributed by atoms with E-state index in [0.717, 1.165) is 37.5 Å². The Morgan fingerprint density at radius 1 is 1.35 bits per heavy atom. The van der Waals surface area contributed by atoms with Crippen LogP contribution in [0, 0.1) is 5.82 Å². The van der Waals surface area contributed by atoms with Crippen molar-refractivity contribution in [2.75, 3.05) is 33.8 Å². The van der Waals surface area contributed by atoms with Gasteiger partial charge in [0.25, 0.3) is 0 Å². The number of ether oxygens (including phenoxy) is 1. The Morgan fingerprint density at radius 3 is 2.69 bits per heavy atom. The van der Waals surface area contributed by atoms with Crippen LogP contribution in [0.15, 0.2) is 23.2 Å². The fourth-order valence-corrected chi connectivity index (χ4v) is 3.20. The standard InChI is InChI=1S/C19H31FN4O.HI/c1-4-9-24-10-7-17(8-11-24)23-19(21-2)22-13-15-5-6-18(20)16(12-15)14-25-3;/h5-6,12,17H,4,7-11,13-14H2,1-3H3,(H2,21,22,23);1H. The van der Waals surface area contributed by atoms with Gasteiger partial charge in [-0.2, -0.15) is 0 Å². The lowest BCUT2D eigenvalue weighted by Crippen LogP contribution is -2.48. The van der Waals surface area contributed by atoms with Gasteiger partial charge in [0.05, 0.1) is 6.61 Å². The fraction of sp³-hybridized carbons (Fsp3) is 0.632. The maximum absolute atomic E-state index is 13.7. The number of piperidine rings is 1. The minimum absolute atomic E-state index is 0. The van der Waals surface area contributed by atoms with E-state index in [-0.39, 0.29) is 36.4 Å². The van der Waals surface area contributed by atoms with Crippen LogP contribution in [-0.2, 0) is 17.9 Å². The molecule has 1 aliphatic rings. The van der Waals surface area contributed by atoms with E-state index in [2.05, 4.69) is 27.4 Å². The van der Waals surface area contributed by atoms with Gasteiger partial charge in [0.15, 0.2) is 5.96 Å². The van der Waals surface area contributed by atoms with Crippen molar-refractivity contribution in [3.8, 4) is 0 Å². The van der Waals surface area contributed by atoms with Crippen LogP contribution in [0.25, 0.3) is 0 Å². The number of nitrogens with zero attached hydrogens (tertiary/aromatic N) is 2. The molecule has 0 atom stereocenters. The number of nitrogens with one attached hydrogen (secondary N) is 2. The number of guanidine groups is 1. The average molecular weight is 478 g/mol. The molecule has 0 amide bonds. The smallest absolute Gasteiger partial charge is 0.191 e. The Kier molecular flexibility index (Phi) is 11.1. The molecule has 1 saturated heterocycles. The molecule has 1 aromatic carbocycles. The zero-order valence-corrected chi connectivity index (χ0v) is 18.4. The number of rotatable bonds is 7. The average Bonchev–Trinajstić information content (AvgIpc) is 2.63. The van der Waals surface area contributed by atoms with Crippen LogP contribution in [0.3, 0.4) is 0 Å². The number of halogens is 2. The predicted octanol–water partition coefficient (Wildman–Crippen LogP) is 3.13. The van der Waals surface area contributed by atoms with Gasteiger partial charge in [-0.05, 0) is 43.5 Å². The quantitative estimate of drug-likeness (QED) is 0.359. The maximum atomic E-state index is 13.7. The zero-order valence-electron chi connectivity index (χ0n) is 16.1. The number of aliphatic imine (C=N–C) groups is 1. The van der Waals surface area contributed by atoms with Gasteiger partial charge in [0.2, 0.25) is 0 Å². The molecule has 0 aliphatic carbocycles. The number of benzene rings is 1. The first kappa shape index (κ1) is 23.1. The van der Waals surface area contributed by atoms with E-state index < -0.39 is 0 Å². The highest BCUT2D eigenvalue weighted by Gasteiger charge is 2.19. The summed E-state index contributed by atoms with van der Waals surface area (Å²) in [6.45, 7) is 6.58. The third-order valence-corrected chi connectivity index (χ3v) is 4.56. The molecule has 5 nitrogen and oxygen atoms in total. The molecule has 1 aromatic rings. The summed E-state index contributed by atoms with van der Waals surface area (Å²) < 4.78 is 18.7. The van der Waals surface area contributed by atoms with Crippen LogP contribution in [0.2, 0.25) is 0 Å². The zero-order chi connectivity index (χ0) is 18.1. The summed E-state index contributed by atoms with van der Waals surface area (Å²) in [7, 11) is 3.35. The lowest BCUT2D eigenvalue weighted by Gasteiger charge is -2.32. The molecule has 148 valence electrons. The van der Waals surface area contributed by atoms with Crippen molar-refractivity contribution in [1.29, 1.82) is 0 Å². The van der Waals surface area contributed by atoms with E-state index in [1.54, 1.807) is 20.2 Å². The normalized spacial score (nSPS) is 16.2. The molecule has 0 bridgehead atoms. The molecule has 7 heteroatoms. The molecule has 1 fully saturated rings. The Hall–Kier alpha value is -0.930. The van der Waals surface area contributed by atoms with E-state index in [0.29, 0.717) is 18.2 Å². The van der Waals surface area contributed by atoms with Gasteiger partial charge in [0, 0.05) is 45.4 Å². The van der Waals surface area contributed by atoms with Crippen molar-refractivity contribution in [3.63, 3.8) is 0 Å². The van der Waals surface area contributed by atoms with E-state index in [9.17, 15) is 4.39 Å². The maximum Gasteiger partial charge on any atom is 0.191 e. The van der Waals surface area contributed by atoms with Gasteiger partial charge in [-0.1, -0.05) is 13.0 Å². The summed E-state index contributed by atoms with van der Waals surface area (Å²) in [5.74, 6) is 0.568. The van der Waals surface area contributed by atoms with Crippen molar-refractivity contribution >= 4 is 29.9 Å². The molecule has 0 spiro atoms. The molecule has 1 aliphatic heterocycles. The predicted molar refractivity (Wildman–Crippen MR) is 116 cm³/mol. The van der Waals surface area contributed by atoms with E-state index in [1.165, 1.54) is 19.0 Å². The third kappa shape index (κ3) is 7.36. The number of hydrogen-bond acceptors (Lipinski definition) is 3. The topological polar surface area (TPSA) is 48.9 Å². The summed E-state index contributed by atoms with van der Waals surface area (Å²) in [5, 5.41) is 6.82. The van der Waals surface area contributed by atoms with Gasteiger partial charge >= 0.3 is 0 Å². The molecule has 1 heterocycles. The highest BCUT2D eigenvalue weighted by molar-refractivity contribution is 14.0. The first-order chi connectivity index (χ1) is 12.2. The Bertz CT molecular complexity index is 562.